The van der Waals surface area contributed by atoms with Crippen molar-refractivity contribution >= 4 is 15.3 Å². The molecule has 0 aromatic heterocycles. The quantitative estimate of drug-likeness (QED) is 0.573. The number of hydrogen-bond acceptors (Lipinski definition) is 3. The van der Waals surface area contributed by atoms with Crippen molar-refractivity contribution in [3.05, 3.63) is 0 Å². The molecule has 0 rings (SSSR count). The number of carbonyl (C=O) groups is 1. The van der Waals surface area contributed by atoms with E-state index in [9.17, 15) is 4.79 Å². The average molecular weight is 206 g/mol. The number of urea groups is 1. The third kappa shape index (κ3) is 7.76. The molecule has 3 N–H and O–H groups in total. The Morgan fingerprint density at radius 3 is 2.31 bits per heavy atom. The zero-order valence-corrected chi connectivity index (χ0v) is 9.36. The number of primary amides is 1. The van der Waals surface area contributed by atoms with Gasteiger partial charge in [0.2, 0.25) is 0 Å². The summed E-state index contributed by atoms with van der Waals surface area (Å²) in [6, 6.07) is 0.255. The lowest BCUT2D eigenvalue weighted by molar-refractivity contribution is 0.213. The molecule has 0 fully saturated rings. The van der Waals surface area contributed by atoms with E-state index in [4.69, 9.17) is 14.6 Å². The maximum atomic E-state index is 10.3. The summed E-state index contributed by atoms with van der Waals surface area (Å²) in [4.78, 5) is 10.3. The second-order valence-electron chi connectivity index (χ2n) is 2.42. The van der Waals surface area contributed by atoms with E-state index in [1.807, 2.05) is 13.8 Å². The van der Waals surface area contributed by atoms with Crippen molar-refractivity contribution < 1.29 is 13.6 Å². The number of hydrogen-bond donors (Lipinski definition) is 2. The van der Waals surface area contributed by atoms with Crippen LogP contribution in [0.5, 0.6) is 0 Å². The minimum absolute atomic E-state index is 0.499. The van der Waals surface area contributed by atoms with Gasteiger partial charge in [-0.3, -0.25) is 0 Å². The molecule has 0 aromatic carbocycles. The zero-order chi connectivity index (χ0) is 10.1. The summed E-state index contributed by atoms with van der Waals surface area (Å²) in [7, 11) is -1.56. The molecule has 6 heteroatoms. The molecule has 0 spiro atoms. The second-order valence-corrected chi connectivity index (χ2v) is 4.52. The van der Waals surface area contributed by atoms with Crippen LogP contribution in [0, 0.1) is 0 Å². The van der Waals surface area contributed by atoms with Gasteiger partial charge in [-0.1, -0.05) is 0 Å². The molecule has 0 heterocycles. The molecule has 0 unspecified atom stereocenters. The van der Waals surface area contributed by atoms with Crippen molar-refractivity contribution in [1.82, 2.24) is 5.32 Å². The molecule has 0 atom stereocenters. The Hall–Kier alpha value is -0.593. The van der Waals surface area contributed by atoms with E-state index in [-0.39, 0.29) is 0 Å². The van der Waals surface area contributed by atoms with Gasteiger partial charge in [0.05, 0.1) is 0 Å². The van der Waals surface area contributed by atoms with Crippen LogP contribution in [0.2, 0.25) is 6.04 Å². The Kier molecular flexibility index (Phi) is 7.66. The first-order valence-electron chi connectivity index (χ1n) is 4.47. The minimum atomic E-state index is -1.56. The Bertz CT molecular complexity index is 140. The predicted octanol–water partition coefficient (Wildman–Crippen LogP) is -0.0518. The highest BCUT2D eigenvalue weighted by molar-refractivity contribution is 6.44. The lowest BCUT2D eigenvalue weighted by atomic mass is 10.7. The van der Waals surface area contributed by atoms with Crippen molar-refractivity contribution in [3.63, 3.8) is 0 Å². The van der Waals surface area contributed by atoms with Gasteiger partial charge in [-0.05, 0) is 13.8 Å². The fourth-order valence-electron chi connectivity index (χ4n) is 0.900. The molecule has 13 heavy (non-hydrogen) atoms. The third-order valence-corrected chi connectivity index (χ3v) is 3.55. The first-order valence-corrected chi connectivity index (χ1v) is 6.23. The smallest absolute Gasteiger partial charge is 0.323 e. The van der Waals surface area contributed by atoms with Gasteiger partial charge >= 0.3 is 15.3 Å². The van der Waals surface area contributed by atoms with E-state index < -0.39 is 15.3 Å². The highest BCUT2D eigenvalue weighted by Gasteiger charge is 2.11. The van der Waals surface area contributed by atoms with Crippen LogP contribution in [0.3, 0.4) is 0 Å². The molecule has 0 aliphatic rings. The maximum Gasteiger partial charge on any atom is 0.323 e. The van der Waals surface area contributed by atoms with Gasteiger partial charge < -0.3 is 19.9 Å². The summed E-state index contributed by atoms with van der Waals surface area (Å²) in [6.45, 7) is 5.72. The highest BCUT2D eigenvalue weighted by atomic mass is 28.3. The van der Waals surface area contributed by atoms with Gasteiger partial charge in [-0.2, -0.15) is 0 Å². The lowest BCUT2D eigenvalue weighted by Gasteiger charge is -2.14. The average Bonchev–Trinajstić information content (AvgIpc) is 2.04. The molecule has 0 aliphatic heterocycles. The molecule has 0 saturated carbocycles. The van der Waals surface area contributed by atoms with Gasteiger partial charge in [0.1, 0.15) is 0 Å². The van der Waals surface area contributed by atoms with Crippen LogP contribution in [0.4, 0.5) is 4.79 Å². The summed E-state index contributed by atoms with van der Waals surface area (Å²) in [5.74, 6) is 0. The van der Waals surface area contributed by atoms with Gasteiger partial charge in [0.25, 0.3) is 0 Å². The third-order valence-electron chi connectivity index (χ3n) is 1.38. The normalized spacial score (nSPS) is 10.4. The Labute approximate surface area is 80.4 Å². The Balaban J connectivity index is 3.49. The van der Waals surface area contributed by atoms with E-state index in [0.29, 0.717) is 19.8 Å². The molecule has 0 aromatic rings. The molecule has 0 aliphatic carbocycles. The largest absolute Gasteiger partial charge is 0.397 e. The highest BCUT2D eigenvalue weighted by Crippen LogP contribution is 1.95. The van der Waals surface area contributed by atoms with Gasteiger partial charge in [0.15, 0.2) is 0 Å². The summed E-state index contributed by atoms with van der Waals surface area (Å²) < 4.78 is 10.8. The van der Waals surface area contributed by atoms with E-state index in [2.05, 4.69) is 5.32 Å². The standard InChI is InChI=1S/C7H18N2O3Si/c1-3-11-13(12-4-2)6-5-9-7(8)10/h13H,3-6H2,1-2H3,(H3,8,9,10). The molecule has 5 nitrogen and oxygen atoms in total. The molecular weight excluding hydrogens is 188 g/mol. The van der Waals surface area contributed by atoms with Gasteiger partial charge in [0, 0.05) is 25.8 Å². The number of rotatable bonds is 7. The van der Waals surface area contributed by atoms with Crippen LogP contribution in [-0.4, -0.2) is 35.1 Å². The lowest BCUT2D eigenvalue weighted by Crippen LogP contribution is -2.34. The van der Waals surface area contributed by atoms with Crippen molar-refractivity contribution in [2.75, 3.05) is 19.8 Å². The van der Waals surface area contributed by atoms with Crippen molar-refractivity contribution in [3.8, 4) is 0 Å². The molecule has 2 amide bonds. The van der Waals surface area contributed by atoms with Crippen molar-refractivity contribution in [2.45, 2.75) is 19.9 Å². The summed E-state index contributed by atoms with van der Waals surface area (Å²) in [6.07, 6.45) is 0. The number of carbonyl (C=O) groups excluding carboxylic acids is 1. The fraction of sp³-hybridized carbons (Fsp3) is 0.857. The molecule has 78 valence electrons. The SMILES string of the molecule is CCO[SiH](CCNC(N)=O)OCC. The van der Waals surface area contributed by atoms with E-state index >= 15 is 0 Å². The number of amides is 2. The van der Waals surface area contributed by atoms with E-state index in [1.54, 1.807) is 0 Å². The number of nitrogens with two attached hydrogens (primary N) is 1. The zero-order valence-electron chi connectivity index (χ0n) is 8.21. The van der Waals surface area contributed by atoms with Crippen molar-refractivity contribution in [1.29, 1.82) is 0 Å². The van der Waals surface area contributed by atoms with Crippen LogP contribution in [0.15, 0.2) is 0 Å². The van der Waals surface area contributed by atoms with Crippen LogP contribution in [-0.2, 0) is 8.85 Å². The molecule has 0 saturated heterocycles. The van der Waals surface area contributed by atoms with Gasteiger partial charge in [-0.15, -0.1) is 0 Å². The minimum Gasteiger partial charge on any atom is -0.397 e. The topological polar surface area (TPSA) is 73.6 Å². The van der Waals surface area contributed by atoms with Crippen LogP contribution in [0.1, 0.15) is 13.8 Å². The molecular formula is C7H18N2O3Si. The monoisotopic (exact) mass is 206 g/mol. The summed E-state index contributed by atoms with van der Waals surface area (Å²) >= 11 is 0. The Morgan fingerprint density at radius 2 is 1.92 bits per heavy atom. The van der Waals surface area contributed by atoms with E-state index in [0.717, 1.165) is 6.04 Å². The summed E-state index contributed by atoms with van der Waals surface area (Å²) in [5.41, 5.74) is 4.91. The van der Waals surface area contributed by atoms with Crippen LogP contribution >= 0.6 is 0 Å². The van der Waals surface area contributed by atoms with Crippen LogP contribution in [0.25, 0.3) is 0 Å². The summed E-state index contributed by atoms with van der Waals surface area (Å²) in [5, 5.41) is 2.51. The second kappa shape index (κ2) is 8.03. The molecule has 0 radical (unpaired) electrons. The van der Waals surface area contributed by atoms with Crippen molar-refractivity contribution in [2.24, 2.45) is 5.73 Å². The maximum absolute atomic E-state index is 10.3. The van der Waals surface area contributed by atoms with Gasteiger partial charge in [-0.25, -0.2) is 4.79 Å². The first-order chi connectivity index (χ1) is 6.20. The van der Waals surface area contributed by atoms with Crippen LogP contribution < -0.4 is 11.1 Å². The Morgan fingerprint density at radius 1 is 1.38 bits per heavy atom. The fourth-order valence-corrected chi connectivity index (χ4v) is 2.45. The molecule has 0 bridgehead atoms. The van der Waals surface area contributed by atoms with E-state index in [1.165, 1.54) is 0 Å². The first kappa shape index (κ1) is 12.4. The number of nitrogens with one attached hydrogen (secondary N) is 1. The predicted molar refractivity (Wildman–Crippen MR) is 52.8 cm³/mol.